The molecule has 4 heteroatoms. The predicted octanol–water partition coefficient (Wildman–Crippen LogP) is 6.20. The fraction of sp³-hybridized carbons (Fsp3) is 0.0667. The summed E-state index contributed by atoms with van der Waals surface area (Å²) >= 11 is 0. The summed E-state index contributed by atoms with van der Waals surface area (Å²) in [6.07, 6.45) is 2.04. The number of carbonyl (C=O) groups excluding carboxylic acids is 1. The molecule has 1 atom stereocenters. The highest BCUT2D eigenvalue weighted by molar-refractivity contribution is 5.95. The minimum atomic E-state index is -0.174. The molecule has 2 heterocycles. The summed E-state index contributed by atoms with van der Waals surface area (Å²) < 4.78 is 10.6. The molecule has 0 amide bonds. The summed E-state index contributed by atoms with van der Waals surface area (Å²) in [7, 11) is 0. The first-order valence-corrected chi connectivity index (χ1v) is 11.4. The van der Waals surface area contributed by atoms with Gasteiger partial charge in [-0.2, -0.15) is 0 Å². The first kappa shape index (κ1) is 20.2. The van der Waals surface area contributed by atoms with Crippen LogP contribution in [0.4, 0.5) is 0 Å². The smallest absolute Gasteiger partial charge is 0.246 e. The Balaban J connectivity index is 1.51. The average molecular weight is 444 g/mol. The minimum Gasteiger partial charge on any atom is -0.456 e. The highest BCUT2D eigenvalue weighted by atomic mass is 16.3. The van der Waals surface area contributed by atoms with Gasteiger partial charge in [0.2, 0.25) is 12.1 Å². The maximum atomic E-state index is 13.0. The van der Waals surface area contributed by atoms with Crippen molar-refractivity contribution in [3.05, 3.63) is 138 Å². The second-order valence-electron chi connectivity index (χ2n) is 8.43. The van der Waals surface area contributed by atoms with E-state index < -0.39 is 0 Å². The Kier molecular flexibility index (Phi) is 5.04. The van der Waals surface area contributed by atoms with Gasteiger partial charge in [0.15, 0.2) is 29.4 Å². The molecule has 2 aromatic heterocycles. The molecule has 34 heavy (non-hydrogen) atoms. The summed E-state index contributed by atoms with van der Waals surface area (Å²) in [6, 6.07) is 38.0. The second-order valence-corrected chi connectivity index (χ2v) is 8.43. The van der Waals surface area contributed by atoms with Crippen LogP contribution in [-0.2, 0) is 6.54 Å². The van der Waals surface area contributed by atoms with Crippen molar-refractivity contribution in [1.29, 1.82) is 0 Å². The van der Waals surface area contributed by atoms with Gasteiger partial charge in [-0.05, 0) is 24.3 Å². The van der Waals surface area contributed by atoms with Crippen molar-refractivity contribution in [2.75, 3.05) is 0 Å². The molecule has 0 fully saturated rings. The fourth-order valence-electron chi connectivity index (χ4n) is 4.64. The largest absolute Gasteiger partial charge is 0.456 e. The van der Waals surface area contributed by atoms with E-state index in [1.165, 1.54) is 0 Å². The van der Waals surface area contributed by atoms with E-state index in [2.05, 4.69) is 41.0 Å². The van der Waals surface area contributed by atoms with E-state index in [4.69, 9.17) is 4.42 Å². The number of para-hydroxylation sites is 3. The van der Waals surface area contributed by atoms with Crippen LogP contribution in [0.1, 0.15) is 27.7 Å². The van der Waals surface area contributed by atoms with Crippen LogP contribution in [0.5, 0.6) is 0 Å². The predicted molar refractivity (Wildman–Crippen MR) is 133 cm³/mol. The molecule has 6 rings (SSSR count). The van der Waals surface area contributed by atoms with Gasteiger partial charge >= 0.3 is 0 Å². The van der Waals surface area contributed by atoms with Gasteiger partial charge < -0.3 is 4.42 Å². The van der Waals surface area contributed by atoms with E-state index in [0.29, 0.717) is 5.56 Å². The lowest BCUT2D eigenvalue weighted by molar-refractivity contribution is -0.658. The maximum Gasteiger partial charge on any atom is 0.246 e. The SMILES string of the molecule is O=C(C[n+]1cn(C(c2ccccc2)c2cc3ccccc3o2)c2ccccc21)c1ccccc1. The lowest BCUT2D eigenvalue weighted by Crippen LogP contribution is -2.37. The zero-order chi connectivity index (χ0) is 22.9. The first-order valence-electron chi connectivity index (χ1n) is 11.4. The lowest BCUT2D eigenvalue weighted by atomic mass is 10.0. The third kappa shape index (κ3) is 3.59. The molecule has 0 radical (unpaired) electrons. The van der Waals surface area contributed by atoms with Crippen LogP contribution in [0.25, 0.3) is 22.0 Å². The zero-order valence-electron chi connectivity index (χ0n) is 18.5. The number of imidazole rings is 1. The Bertz CT molecular complexity index is 1560. The van der Waals surface area contributed by atoms with E-state index >= 15 is 0 Å². The standard InChI is InChI=1S/C30H23N2O2/c33-27(22-11-3-1-4-12-22)20-31-21-32(26-17-9-8-16-25(26)31)30(23-13-5-2-6-14-23)29-19-24-15-7-10-18-28(24)34-29/h1-19,21,30H,20H2/q+1. The Morgan fingerprint density at radius 2 is 1.47 bits per heavy atom. The fourth-order valence-corrected chi connectivity index (χ4v) is 4.64. The number of benzene rings is 4. The van der Waals surface area contributed by atoms with Gasteiger partial charge in [-0.15, -0.1) is 0 Å². The average Bonchev–Trinajstić information content (AvgIpc) is 3.47. The molecular weight excluding hydrogens is 420 g/mol. The van der Waals surface area contributed by atoms with E-state index in [9.17, 15) is 4.79 Å². The molecule has 1 unspecified atom stereocenters. The number of aromatic nitrogens is 2. The van der Waals surface area contributed by atoms with Gasteiger partial charge in [-0.1, -0.05) is 91.0 Å². The molecule has 0 N–H and O–H groups in total. The molecule has 0 spiro atoms. The van der Waals surface area contributed by atoms with Crippen molar-refractivity contribution in [1.82, 2.24) is 4.57 Å². The van der Waals surface area contributed by atoms with Crippen molar-refractivity contribution in [2.45, 2.75) is 12.6 Å². The lowest BCUT2D eigenvalue weighted by Gasteiger charge is -2.12. The van der Waals surface area contributed by atoms with Crippen LogP contribution in [-0.4, -0.2) is 10.4 Å². The summed E-state index contributed by atoms with van der Waals surface area (Å²) in [5.41, 5.74) is 4.73. The van der Waals surface area contributed by atoms with E-state index in [1.807, 2.05) is 89.8 Å². The molecule has 0 saturated heterocycles. The molecule has 164 valence electrons. The highest BCUT2D eigenvalue weighted by Crippen LogP contribution is 2.33. The number of hydrogen-bond acceptors (Lipinski definition) is 2. The molecule has 0 aliphatic heterocycles. The molecule has 4 nitrogen and oxygen atoms in total. The third-order valence-electron chi connectivity index (χ3n) is 6.25. The van der Waals surface area contributed by atoms with Crippen molar-refractivity contribution < 1.29 is 13.8 Å². The Hall–Kier alpha value is -4.44. The highest BCUT2D eigenvalue weighted by Gasteiger charge is 2.29. The number of hydrogen-bond donors (Lipinski definition) is 0. The van der Waals surface area contributed by atoms with Gasteiger partial charge in [0, 0.05) is 16.5 Å². The van der Waals surface area contributed by atoms with E-state index in [0.717, 1.165) is 33.3 Å². The summed E-state index contributed by atoms with van der Waals surface area (Å²) in [5.74, 6) is 0.934. The molecule has 6 aromatic rings. The molecule has 0 aliphatic carbocycles. The number of fused-ring (bicyclic) bond motifs is 2. The van der Waals surface area contributed by atoms with Gasteiger partial charge in [0.25, 0.3) is 0 Å². The van der Waals surface area contributed by atoms with Crippen LogP contribution in [0.2, 0.25) is 0 Å². The van der Waals surface area contributed by atoms with Crippen LogP contribution in [0, 0.1) is 0 Å². The number of furan rings is 1. The summed E-state index contributed by atoms with van der Waals surface area (Å²) in [5, 5.41) is 1.07. The van der Waals surface area contributed by atoms with Crippen LogP contribution < -0.4 is 4.57 Å². The Morgan fingerprint density at radius 3 is 2.26 bits per heavy atom. The minimum absolute atomic E-state index is 0.0773. The third-order valence-corrected chi connectivity index (χ3v) is 6.25. The first-order chi connectivity index (χ1) is 16.8. The molecule has 0 bridgehead atoms. The van der Waals surface area contributed by atoms with Gasteiger partial charge in [-0.3, -0.25) is 4.79 Å². The van der Waals surface area contributed by atoms with Crippen molar-refractivity contribution in [3.8, 4) is 0 Å². The van der Waals surface area contributed by atoms with Crippen molar-refractivity contribution in [2.24, 2.45) is 0 Å². The van der Waals surface area contributed by atoms with Crippen LogP contribution >= 0.6 is 0 Å². The van der Waals surface area contributed by atoms with Gasteiger partial charge in [0.1, 0.15) is 5.58 Å². The summed E-state index contributed by atoms with van der Waals surface area (Å²) in [6.45, 7) is 0.263. The number of rotatable bonds is 6. The number of ketones is 1. The monoisotopic (exact) mass is 443 g/mol. The molecule has 0 aliphatic rings. The quantitative estimate of drug-likeness (QED) is 0.227. The number of nitrogens with zero attached hydrogens (tertiary/aromatic N) is 2. The zero-order valence-corrected chi connectivity index (χ0v) is 18.5. The number of Topliss-reactive ketones (excluding diaryl/α,β-unsaturated/α-hetero) is 1. The van der Waals surface area contributed by atoms with Crippen molar-refractivity contribution >= 4 is 27.8 Å². The van der Waals surface area contributed by atoms with Crippen molar-refractivity contribution in [3.63, 3.8) is 0 Å². The number of carbonyl (C=O) groups is 1. The Labute approximate surface area is 197 Å². The van der Waals surface area contributed by atoms with Crippen LogP contribution in [0.3, 0.4) is 0 Å². The van der Waals surface area contributed by atoms with Crippen LogP contribution in [0.15, 0.2) is 126 Å². The molecule has 4 aromatic carbocycles. The second kappa shape index (κ2) is 8.49. The van der Waals surface area contributed by atoms with E-state index in [-0.39, 0.29) is 18.4 Å². The summed E-state index contributed by atoms with van der Waals surface area (Å²) in [4.78, 5) is 13.0. The topological polar surface area (TPSA) is 39.0 Å². The molecule has 0 saturated carbocycles. The van der Waals surface area contributed by atoms with Gasteiger partial charge in [0.05, 0.1) is 0 Å². The van der Waals surface area contributed by atoms with E-state index in [1.54, 1.807) is 0 Å². The van der Waals surface area contributed by atoms with Gasteiger partial charge in [-0.25, -0.2) is 9.13 Å². The Morgan fingerprint density at radius 1 is 0.794 bits per heavy atom. The maximum absolute atomic E-state index is 13.0. The molecular formula is C30H23N2O2+. The normalized spacial score (nSPS) is 12.2.